The monoisotopic (exact) mass is 699 g/mol. The van der Waals surface area contributed by atoms with Crippen LogP contribution in [0.1, 0.15) is 5.56 Å². The van der Waals surface area contributed by atoms with Crippen molar-refractivity contribution in [2.45, 2.75) is 0 Å². The molecule has 4 heterocycles. The second kappa shape index (κ2) is 12.2. The number of benzene rings is 7. The van der Waals surface area contributed by atoms with Crippen molar-refractivity contribution in [3.63, 3.8) is 0 Å². The first-order valence-corrected chi connectivity index (χ1v) is 18.3. The molecule has 0 unspecified atom stereocenters. The minimum Gasteiger partial charge on any atom is -0.309 e. The van der Waals surface area contributed by atoms with Crippen LogP contribution in [0.2, 0.25) is 0 Å². The molecule has 5 heteroatoms. The average Bonchev–Trinajstić information content (AvgIpc) is 3.59. The third-order valence-electron chi connectivity index (χ3n) is 10.9. The molecule has 0 spiro atoms. The fourth-order valence-corrected chi connectivity index (χ4v) is 8.37. The molecule has 55 heavy (non-hydrogen) atoms. The van der Waals surface area contributed by atoms with Crippen LogP contribution in [0.4, 0.5) is 0 Å². The summed E-state index contributed by atoms with van der Waals surface area (Å²) in [4.78, 5) is 15.0. The van der Waals surface area contributed by atoms with Gasteiger partial charge in [0.2, 0.25) is 0 Å². The lowest BCUT2D eigenvalue weighted by molar-refractivity contribution is 1.18. The largest absolute Gasteiger partial charge is 0.309 e. The summed E-state index contributed by atoms with van der Waals surface area (Å²) in [6.07, 6.45) is 3.68. The van der Waals surface area contributed by atoms with Gasteiger partial charge in [0.15, 0.2) is 0 Å². The molecule has 0 saturated carbocycles. The molecule has 4 aromatic heterocycles. The van der Waals surface area contributed by atoms with Crippen molar-refractivity contribution >= 4 is 65.3 Å². The van der Waals surface area contributed by atoms with E-state index >= 15 is 0 Å². The second-order valence-electron chi connectivity index (χ2n) is 13.9. The van der Waals surface area contributed by atoms with Gasteiger partial charge in [0.1, 0.15) is 0 Å². The molecular formula is C50H29N5. The number of aromatic nitrogens is 4. The van der Waals surface area contributed by atoms with Crippen molar-refractivity contribution in [1.29, 1.82) is 5.26 Å². The lowest BCUT2D eigenvalue weighted by atomic mass is 9.92. The minimum absolute atomic E-state index is 0.651. The van der Waals surface area contributed by atoms with E-state index in [1.807, 2.05) is 48.8 Å². The maximum atomic E-state index is 9.73. The van der Waals surface area contributed by atoms with E-state index < -0.39 is 0 Å². The Morgan fingerprint density at radius 2 is 1.02 bits per heavy atom. The van der Waals surface area contributed by atoms with Gasteiger partial charge in [-0.05, 0) is 82.9 Å². The summed E-state index contributed by atoms with van der Waals surface area (Å²) in [6, 6.07) is 59.4. The molecule has 254 valence electrons. The van der Waals surface area contributed by atoms with Crippen molar-refractivity contribution in [2.75, 3.05) is 0 Å². The van der Waals surface area contributed by atoms with Gasteiger partial charge >= 0.3 is 0 Å². The Bertz CT molecular complexity index is 3360. The normalized spacial score (nSPS) is 11.6. The molecule has 0 N–H and O–H groups in total. The van der Waals surface area contributed by atoms with Gasteiger partial charge in [-0.15, -0.1) is 0 Å². The quantitative estimate of drug-likeness (QED) is 0.172. The highest BCUT2D eigenvalue weighted by Crippen LogP contribution is 2.42. The van der Waals surface area contributed by atoms with E-state index in [1.54, 1.807) is 0 Å². The fraction of sp³-hybridized carbons (Fsp3) is 0. The van der Waals surface area contributed by atoms with Crippen molar-refractivity contribution in [1.82, 2.24) is 19.5 Å². The van der Waals surface area contributed by atoms with Crippen molar-refractivity contribution in [3.05, 3.63) is 182 Å². The molecule has 0 aliphatic rings. The summed E-state index contributed by atoms with van der Waals surface area (Å²) in [5.74, 6) is 0. The SMILES string of the molecule is N#Cc1ccc2c(c1)c1cc(-c3ccc(-c4ccc5c(c4)nc(-c4ccccc4)c4c6cccnc6c6ncccc6c54)cc3)ccc1n2-c1ccccc1. The number of hydrogen-bond donors (Lipinski definition) is 0. The van der Waals surface area contributed by atoms with E-state index in [-0.39, 0.29) is 0 Å². The predicted molar refractivity (Wildman–Crippen MR) is 225 cm³/mol. The smallest absolute Gasteiger partial charge is 0.0991 e. The summed E-state index contributed by atoms with van der Waals surface area (Å²) in [6.45, 7) is 0. The summed E-state index contributed by atoms with van der Waals surface area (Å²) in [5.41, 5.74) is 13.1. The van der Waals surface area contributed by atoms with Gasteiger partial charge in [-0.3, -0.25) is 9.97 Å². The Morgan fingerprint density at radius 1 is 0.436 bits per heavy atom. The molecule has 0 amide bonds. The van der Waals surface area contributed by atoms with E-state index in [4.69, 9.17) is 15.0 Å². The zero-order valence-electron chi connectivity index (χ0n) is 29.5. The molecule has 7 aromatic carbocycles. The van der Waals surface area contributed by atoms with Crippen LogP contribution in [0.5, 0.6) is 0 Å². The van der Waals surface area contributed by atoms with E-state index in [0.29, 0.717) is 5.56 Å². The number of rotatable bonds is 4. The maximum absolute atomic E-state index is 9.73. The first kappa shape index (κ1) is 30.9. The highest BCUT2D eigenvalue weighted by molar-refractivity contribution is 6.32. The van der Waals surface area contributed by atoms with Gasteiger partial charge in [-0.1, -0.05) is 103 Å². The molecule has 0 aliphatic carbocycles. The molecule has 11 rings (SSSR count). The van der Waals surface area contributed by atoms with Gasteiger partial charge in [-0.2, -0.15) is 5.26 Å². The third-order valence-corrected chi connectivity index (χ3v) is 10.9. The van der Waals surface area contributed by atoms with Gasteiger partial charge in [0.05, 0.1) is 44.9 Å². The van der Waals surface area contributed by atoms with Crippen LogP contribution < -0.4 is 0 Å². The number of hydrogen-bond acceptors (Lipinski definition) is 4. The van der Waals surface area contributed by atoms with E-state index in [1.165, 1.54) is 0 Å². The van der Waals surface area contributed by atoms with Crippen molar-refractivity contribution in [2.24, 2.45) is 0 Å². The zero-order chi connectivity index (χ0) is 36.5. The topological polar surface area (TPSA) is 67.4 Å². The van der Waals surface area contributed by atoms with E-state index in [9.17, 15) is 5.26 Å². The first-order valence-electron chi connectivity index (χ1n) is 18.3. The number of para-hydroxylation sites is 1. The molecule has 5 nitrogen and oxygen atoms in total. The lowest BCUT2D eigenvalue weighted by Crippen LogP contribution is -1.95. The van der Waals surface area contributed by atoms with Gasteiger partial charge in [0, 0.05) is 61.3 Å². The molecule has 0 aliphatic heterocycles. The van der Waals surface area contributed by atoms with E-state index in [0.717, 1.165) is 104 Å². The van der Waals surface area contributed by atoms with Crippen LogP contribution in [0.15, 0.2) is 176 Å². The average molecular weight is 700 g/mol. The van der Waals surface area contributed by atoms with E-state index in [2.05, 4.69) is 138 Å². The van der Waals surface area contributed by atoms with Crippen LogP contribution in [0.3, 0.4) is 0 Å². The van der Waals surface area contributed by atoms with Gasteiger partial charge < -0.3 is 4.57 Å². The molecule has 0 saturated heterocycles. The maximum Gasteiger partial charge on any atom is 0.0991 e. The molecule has 0 bridgehead atoms. The van der Waals surface area contributed by atoms with Gasteiger partial charge in [0.25, 0.3) is 0 Å². The number of nitriles is 1. The highest BCUT2D eigenvalue weighted by atomic mass is 15.0. The molecule has 0 atom stereocenters. The van der Waals surface area contributed by atoms with Gasteiger partial charge in [-0.25, -0.2) is 4.98 Å². The molecular weight excluding hydrogens is 671 g/mol. The Balaban J connectivity index is 1.06. The minimum atomic E-state index is 0.651. The highest BCUT2D eigenvalue weighted by Gasteiger charge is 2.19. The van der Waals surface area contributed by atoms with Crippen LogP contribution >= 0.6 is 0 Å². The van der Waals surface area contributed by atoms with Crippen LogP contribution in [0, 0.1) is 11.3 Å². The fourth-order valence-electron chi connectivity index (χ4n) is 8.37. The molecule has 0 radical (unpaired) electrons. The van der Waals surface area contributed by atoms with Crippen molar-refractivity contribution < 1.29 is 0 Å². The number of nitrogens with zero attached hydrogens (tertiary/aromatic N) is 5. The summed E-state index contributed by atoms with van der Waals surface area (Å²) in [5, 5.41) is 17.3. The third kappa shape index (κ3) is 4.83. The first-order chi connectivity index (χ1) is 27.2. The Hall–Kier alpha value is -7.68. The van der Waals surface area contributed by atoms with Crippen molar-refractivity contribution in [3.8, 4) is 45.3 Å². The zero-order valence-corrected chi connectivity index (χ0v) is 29.5. The Morgan fingerprint density at radius 3 is 1.71 bits per heavy atom. The van der Waals surface area contributed by atoms with Crippen LogP contribution in [-0.2, 0) is 0 Å². The lowest BCUT2D eigenvalue weighted by Gasteiger charge is -2.16. The number of pyridine rings is 3. The summed E-state index contributed by atoms with van der Waals surface area (Å²) in [7, 11) is 0. The van der Waals surface area contributed by atoms with Crippen LogP contribution in [0.25, 0.3) is 104 Å². The van der Waals surface area contributed by atoms with Crippen LogP contribution in [-0.4, -0.2) is 19.5 Å². The predicted octanol–water partition coefficient (Wildman–Crippen LogP) is 12.5. The Labute approximate surface area is 316 Å². The summed E-state index contributed by atoms with van der Waals surface area (Å²) < 4.78 is 2.28. The Kier molecular flexibility index (Phi) is 6.85. The molecule has 11 aromatic rings. The molecule has 0 fully saturated rings. The summed E-state index contributed by atoms with van der Waals surface area (Å²) >= 11 is 0. The second-order valence-corrected chi connectivity index (χ2v) is 13.9. The standard InChI is InChI=1S/C50H29N5/c51-30-31-15-23-44-41(27-31)42-28-35(21-24-45(42)55(44)37-11-5-2-6-12-37)32-16-18-33(19-17-32)36-20-22-38-43(29-36)54-48(34-9-3-1-4-10-34)47-40-14-8-26-53-50(40)49-39(46(38)47)13-7-25-52-49/h1-29H. The number of fused-ring (bicyclic) bond motifs is 11.